The smallest absolute Gasteiger partial charge is 0.0580 e. The lowest BCUT2D eigenvalue weighted by Gasteiger charge is -2.43. The van der Waals surface area contributed by atoms with Crippen molar-refractivity contribution in [2.45, 2.75) is 38.2 Å². The van der Waals surface area contributed by atoms with Gasteiger partial charge in [-0.25, -0.2) is 0 Å². The van der Waals surface area contributed by atoms with Crippen LogP contribution in [0.5, 0.6) is 0 Å². The van der Waals surface area contributed by atoms with Crippen LogP contribution in [0.15, 0.2) is 0 Å². The Morgan fingerprint density at radius 3 is 2.47 bits per heavy atom. The summed E-state index contributed by atoms with van der Waals surface area (Å²) in [4.78, 5) is 2.66. The third-order valence-electron chi connectivity index (χ3n) is 4.77. The van der Waals surface area contributed by atoms with Crippen LogP contribution in [0.1, 0.15) is 32.1 Å². The number of likely N-dealkylation sites (tertiary alicyclic amines) is 1. The molecular weight excluding hydrogens is 230 g/mol. The number of hydrogen-bond acceptors (Lipinski definition) is 3. The van der Waals surface area contributed by atoms with Crippen LogP contribution in [0.3, 0.4) is 0 Å². The van der Waals surface area contributed by atoms with E-state index in [4.69, 9.17) is 0 Å². The molecule has 0 aromatic carbocycles. The minimum absolute atomic E-state index is 0.0140. The number of rotatable bonds is 2. The van der Waals surface area contributed by atoms with Gasteiger partial charge in [-0.3, -0.25) is 0 Å². The average Bonchev–Trinajstić information content (AvgIpc) is 2.32. The molecule has 4 unspecified atom stereocenters. The molecule has 17 heavy (non-hydrogen) atoms. The Morgan fingerprint density at radius 2 is 1.76 bits per heavy atom. The maximum atomic E-state index is 10.1. The quantitative estimate of drug-likeness (QED) is 0.818. The van der Waals surface area contributed by atoms with Crippen LogP contribution in [0.25, 0.3) is 0 Å². The average molecular weight is 255 g/mol. The van der Waals surface area contributed by atoms with Crippen LogP contribution in [0.4, 0.5) is 0 Å². The minimum Gasteiger partial charge on any atom is -0.393 e. The van der Waals surface area contributed by atoms with E-state index in [1.54, 1.807) is 0 Å². The predicted octanol–water partition coefficient (Wildman–Crippen LogP) is 2.22. The molecule has 2 nitrogen and oxygen atoms in total. The Bertz CT molecular complexity index is 249. The number of thioether (sulfide) groups is 1. The molecule has 2 aliphatic heterocycles. The fourth-order valence-electron chi connectivity index (χ4n) is 3.95. The third-order valence-corrected chi connectivity index (χ3v) is 6.18. The lowest BCUT2D eigenvalue weighted by molar-refractivity contribution is 0.0300. The van der Waals surface area contributed by atoms with Gasteiger partial charge in [0, 0.05) is 19.6 Å². The zero-order chi connectivity index (χ0) is 11.7. The van der Waals surface area contributed by atoms with Gasteiger partial charge in [0.2, 0.25) is 0 Å². The summed E-state index contributed by atoms with van der Waals surface area (Å²) < 4.78 is 0. The molecule has 1 aliphatic carbocycles. The standard InChI is InChI=1S/C14H25NOS/c16-14-4-2-1-3-13(14)8-15-6-11-5-12(7-15)10-17-9-11/h11-14,16H,1-10H2. The Morgan fingerprint density at radius 1 is 1.06 bits per heavy atom. The van der Waals surface area contributed by atoms with Crippen molar-refractivity contribution < 1.29 is 5.11 Å². The first kappa shape index (κ1) is 12.3. The van der Waals surface area contributed by atoms with Crippen LogP contribution in [-0.4, -0.2) is 47.3 Å². The molecular formula is C14H25NOS. The Labute approximate surface area is 109 Å². The van der Waals surface area contributed by atoms with Crippen molar-refractivity contribution in [2.24, 2.45) is 17.8 Å². The molecule has 3 rings (SSSR count). The van der Waals surface area contributed by atoms with E-state index in [2.05, 4.69) is 16.7 Å². The number of aliphatic hydroxyl groups is 1. The Kier molecular flexibility index (Phi) is 3.98. The van der Waals surface area contributed by atoms with Gasteiger partial charge in [-0.05, 0) is 48.5 Å². The van der Waals surface area contributed by atoms with Crippen LogP contribution in [-0.2, 0) is 0 Å². The molecule has 3 aliphatic rings. The Balaban J connectivity index is 1.54. The first-order valence-electron chi connectivity index (χ1n) is 7.29. The van der Waals surface area contributed by atoms with Crippen molar-refractivity contribution in [3.05, 3.63) is 0 Å². The Hall–Kier alpha value is 0.270. The highest BCUT2D eigenvalue weighted by molar-refractivity contribution is 7.99. The zero-order valence-corrected chi connectivity index (χ0v) is 11.5. The number of piperidine rings is 1. The summed E-state index contributed by atoms with van der Waals surface area (Å²) in [6.07, 6.45) is 6.32. The molecule has 0 amide bonds. The molecule has 3 heteroatoms. The van der Waals surface area contributed by atoms with E-state index in [1.807, 2.05) is 0 Å². The van der Waals surface area contributed by atoms with Crippen LogP contribution in [0, 0.1) is 17.8 Å². The van der Waals surface area contributed by atoms with Crippen molar-refractivity contribution in [3.8, 4) is 0 Å². The largest absolute Gasteiger partial charge is 0.393 e. The fourth-order valence-corrected chi connectivity index (χ4v) is 5.24. The van der Waals surface area contributed by atoms with Gasteiger partial charge in [-0.1, -0.05) is 12.8 Å². The maximum absolute atomic E-state index is 10.1. The molecule has 2 bridgehead atoms. The van der Waals surface area contributed by atoms with E-state index in [9.17, 15) is 5.11 Å². The summed E-state index contributed by atoms with van der Waals surface area (Å²) in [5, 5.41) is 10.1. The maximum Gasteiger partial charge on any atom is 0.0580 e. The summed E-state index contributed by atoms with van der Waals surface area (Å²) in [7, 11) is 0. The topological polar surface area (TPSA) is 23.5 Å². The molecule has 1 N–H and O–H groups in total. The van der Waals surface area contributed by atoms with Crippen LogP contribution in [0.2, 0.25) is 0 Å². The van der Waals surface area contributed by atoms with E-state index >= 15 is 0 Å². The van der Waals surface area contributed by atoms with E-state index in [-0.39, 0.29) is 6.10 Å². The molecule has 0 spiro atoms. The predicted molar refractivity (Wildman–Crippen MR) is 73.3 cm³/mol. The molecule has 2 saturated heterocycles. The summed E-state index contributed by atoms with van der Waals surface area (Å²) in [6.45, 7) is 3.76. The fraction of sp³-hybridized carbons (Fsp3) is 1.00. The molecule has 98 valence electrons. The van der Waals surface area contributed by atoms with Gasteiger partial charge < -0.3 is 10.0 Å². The van der Waals surface area contributed by atoms with Gasteiger partial charge in [-0.15, -0.1) is 0 Å². The lowest BCUT2D eigenvalue weighted by Crippen LogP contribution is -2.47. The monoisotopic (exact) mass is 255 g/mol. The summed E-state index contributed by atoms with van der Waals surface area (Å²) >= 11 is 2.16. The molecule has 3 fully saturated rings. The second kappa shape index (κ2) is 5.50. The summed E-state index contributed by atoms with van der Waals surface area (Å²) in [5.74, 6) is 5.19. The number of hydrogen-bond donors (Lipinski definition) is 1. The minimum atomic E-state index is -0.0140. The summed E-state index contributed by atoms with van der Waals surface area (Å²) in [5.41, 5.74) is 0. The van der Waals surface area contributed by atoms with Crippen LogP contribution < -0.4 is 0 Å². The number of fused-ring (bicyclic) bond motifs is 2. The molecule has 0 radical (unpaired) electrons. The first-order chi connectivity index (χ1) is 8.31. The normalized spacial score (nSPS) is 43.6. The van der Waals surface area contributed by atoms with Gasteiger partial charge in [0.05, 0.1) is 6.10 Å². The van der Waals surface area contributed by atoms with Crippen molar-refractivity contribution >= 4 is 11.8 Å². The highest BCUT2D eigenvalue weighted by atomic mass is 32.2. The van der Waals surface area contributed by atoms with Gasteiger partial charge >= 0.3 is 0 Å². The van der Waals surface area contributed by atoms with Crippen LogP contribution >= 0.6 is 11.8 Å². The van der Waals surface area contributed by atoms with Gasteiger partial charge in [0.25, 0.3) is 0 Å². The molecule has 1 saturated carbocycles. The number of aliphatic hydroxyl groups excluding tert-OH is 1. The highest BCUT2D eigenvalue weighted by Gasteiger charge is 2.33. The summed E-state index contributed by atoms with van der Waals surface area (Å²) in [6, 6.07) is 0. The second-order valence-electron chi connectivity index (χ2n) is 6.34. The molecule has 2 heterocycles. The number of nitrogens with zero attached hydrogens (tertiary/aromatic N) is 1. The van der Waals surface area contributed by atoms with Crippen molar-refractivity contribution in [2.75, 3.05) is 31.1 Å². The van der Waals surface area contributed by atoms with Crippen molar-refractivity contribution in [1.29, 1.82) is 0 Å². The van der Waals surface area contributed by atoms with Gasteiger partial charge in [0.1, 0.15) is 0 Å². The van der Waals surface area contributed by atoms with Crippen molar-refractivity contribution in [3.63, 3.8) is 0 Å². The van der Waals surface area contributed by atoms with E-state index < -0.39 is 0 Å². The van der Waals surface area contributed by atoms with Crippen molar-refractivity contribution in [1.82, 2.24) is 4.90 Å². The van der Waals surface area contributed by atoms with E-state index in [0.29, 0.717) is 5.92 Å². The van der Waals surface area contributed by atoms with E-state index in [1.165, 1.54) is 56.8 Å². The molecule has 0 aromatic heterocycles. The highest BCUT2D eigenvalue weighted by Crippen LogP contribution is 2.34. The zero-order valence-electron chi connectivity index (χ0n) is 10.7. The third kappa shape index (κ3) is 2.99. The van der Waals surface area contributed by atoms with Gasteiger partial charge in [-0.2, -0.15) is 11.8 Å². The second-order valence-corrected chi connectivity index (χ2v) is 7.41. The molecule has 4 atom stereocenters. The first-order valence-corrected chi connectivity index (χ1v) is 8.45. The van der Waals surface area contributed by atoms with E-state index in [0.717, 1.165) is 18.3 Å². The SMILES string of the molecule is OC1CCCCC1CN1CC2CSCC(C2)C1. The van der Waals surface area contributed by atoms with Gasteiger partial charge in [0.15, 0.2) is 0 Å². The molecule has 0 aromatic rings. The lowest BCUT2D eigenvalue weighted by atomic mass is 9.84.